The smallest absolute Gasteiger partial charge is 0.416 e. The molecule has 0 spiro atoms. The lowest BCUT2D eigenvalue weighted by Crippen LogP contribution is -2.48. The molecule has 1 aromatic heterocycles. The number of aliphatic hydroxyl groups excluding tert-OH is 1. The van der Waals surface area contributed by atoms with Crippen LogP contribution in [0.4, 0.5) is 19.0 Å². The second-order valence-corrected chi connectivity index (χ2v) is 7.57. The van der Waals surface area contributed by atoms with Crippen molar-refractivity contribution in [2.24, 2.45) is 0 Å². The number of aromatic nitrogens is 2. The Morgan fingerprint density at radius 1 is 1.35 bits per heavy atom. The van der Waals surface area contributed by atoms with Crippen LogP contribution >= 0.6 is 0 Å². The molecule has 0 aliphatic heterocycles. The van der Waals surface area contributed by atoms with Crippen molar-refractivity contribution in [3.63, 3.8) is 0 Å². The van der Waals surface area contributed by atoms with Gasteiger partial charge in [0, 0.05) is 6.42 Å². The van der Waals surface area contributed by atoms with E-state index in [1.807, 2.05) is 0 Å². The van der Waals surface area contributed by atoms with Crippen LogP contribution in [0.2, 0.25) is 0 Å². The van der Waals surface area contributed by atoms with E-state index in [4.69, 9.17) is 4.74 Å². The summed E-state index contributed by atoms with van der Waals surface area (Å²) in [5.41, 5.74) is -2.04. The van der Waals surface area contributed by atoms with Crippen LogP contribution in [-0.4, -0.2) is 48.9 Å². The molecule has 0 bridgehead atoms. The van der Waals surface area contributed by atoms with Crippen LogP contribution in [-0.2, 0) is 22.1 Å². The van der Waals surface area contributed by atoms with Gasteiger partial charge in [-0.15, -0.1) is 4.68 Å². The first kappa shape index (κ1) is 24.2. The molecule has 1 heterocycles. The molecule has 1 unspecified atom stereocenters. The lowest BCUT2D eigenvalue weighted by molar-refractivity contribution is -0.390. The lowest BCUT2D eigenvalue weighted by Gasteiger charge is -2.26. The molecule has 2 rings (SSSR count). The zero-order valence-electron chi connectivity index (χ0n) is 16.8. The van der Waals surface area contributed by atoms with E-state index in [1.165, 1.54) is 6.07 Å². The van der Waals surface area contributed by atoms with Gasteiger partial charge in [-0.25, -0.2) is 0 Å². The molecule has 0 radical (unpaired) electrons. The Hall–Kier alpha value is -3.03. The fourth-order valence-corrected chi connectivity index (χ4v) is 2.63. The number of aliphatic hydroxyl groups is 1. The number of benzene rings is 1. The molecule has 170 valence electrons. The maximum atomic E-state index is 12.9. The predicted octanol–water partition coefficient (Wildman–Crippen LogP) is 2.48. The highest BCUT2D eigenvalue weighted by Crippen LogP contribution is 2.31. The average molecular weight is 446 g/mol. The van der Waals surface area contributed by atoms with Gasteiger partial charge in [-0.3, -0.25) is 10.1 Å². The largest absolute Gasteiger partial charge is 0.480 e. The second kappa shape index (κ2) is 8.99. The number of carbonyl (C=O) groups is 1. The molecule has 10 nitrogen and oxygen atoms in total. The van der Waals surface area contributed by atoms with Crippen LogP contribution in [0.15, 0.2) is 30.5 Å². The minimum absolute atomic E-state index is 0.0971. The summed E-state index contributed by atoms with van der Waals surface area (Å²) in [6.45, 7) is 4.87. The summed E-state index contributed by atoms with van der Waals surface area (Å²) in [6.07, 6.45) is -5.73. The molecule has 0 aliphatic rings. The minimum Gasteiger partial charge on any atom is -0.480 e. The van der Waals surface area contributed by atoms with Gasteiger partial charge < -0.3 is 25.1 Å². The Kier molecular flexibility index (Phi) is 7.03. The highest BCUT2D eigenvalue weighted by atomic mass is 19.4. The molecule has 0 amide bonds. The van der Waals surface area contributed by atoms with Crippen LogP contribution in [0.3, 0.4) is 0 Å². The summed E-state index contributed by atoms with van der Waals surface area (Å²) >= 11 is 0. The van der Waals surface area contributed by atoms with Crippen molar-refractivity contribution in [3.05, 3.63) is 51.7 Å². The molecule has 2 atom stereocenters. The fraction of sp³-hybridized carbons (Fsp3) is 0.444. The Labute approximate surface area is 174 Å². The van der Waals surface area contributed by atoms with Gasteiger partial charge in [-0.2, -0.15) is 13.2 Å². The van der Waals surface area contributed by atoms with Gasteiger partial charge in [0.05, 0.1) is 33.7 Å². The second-order valence-electron chi connectivity index (χ2n) is 7.57. The van der Waals surface area contributed by atoms with Crippen molar-refractivity contribution in [1.29, 1.82) is 0 Å². The van der Waals surface area contributed by atoms with E-state index < -0.39 is 52.9 Å². The topological polar surface area (TPSA) is 140 Å². The molecule has 0 fully saturated rings. The van der Waals surface area contributed by atoms with Crippen LogP contribution in [0, 0.1) is 10.1 Å². The number of nitrogens with one attached hydrogen (secondary N) is 1. The number of alkyl halides is 3. The maximum Gasteiger partial charge on any atom is 0.416 e. The number of nitrogens with zero attached hydrogens (tertiary/aromatic N) is 3. The number of hydrogen-bond acceptors (Lipinski definition) is 7. The maximum absolute atomic E-state index is 12.9. The molecular formula is C18H21F3N4O6. The van der Waals surface area contributed by atoms with Crippen molar-refractivity contribution in [2.75, 3.05) is 0 Å². The number of carboxylic acid groups (broad SMARTS) is 1. The van der Waals surface area contributed by atoms with E-state index in [9.17, 15) is 38.3 Å². The Balaban J connectivity index is 2.35. The van der Waals surface area contributed by atoms with E-state index >= 15 is 0 Å². The number of aliphatic carboxylic acids is 1. The van der Waals surface area contributed by atoms with E-state index in [2.05, 4.69) is 10.4 Å². The molecule has 0 saturated heterocycles. The normalized spacial score (nSPS) is 14.3. The van der Waals surface area contributed by atoms with Gasteiger partial charge in [-0.1, -0.05) is 6.07 Å². The molecular weight excluding hydrogens is 425 g/mol. The molecule has 13 heteroatoms. The minimum atomic E-state index is -4.63. The van der Waals surface area contributed by atoms with Gasteiger partial charge in [0.2, 0.25) is 6.41 Å². The number of carboxylic acids is 1. The van der Waals surface area contributed by atoms with Crippen LogP contribution < -0.4 is 5.32 Å². The molecule has 2 aromatic rings. The number of rotatable bonds is 8. The molecule has 3 N–H and O–H groups in total. The van der Waals surface area contributed by atoms with Crippen molar-refractivity contribution in [1.82, 2.24) is 15.1 Å². The van der Waals surface area contributed by atoms with Crippen LogP contribution in [0.5, 0.6) is 0 Å². The summed E-state index contributed by atoms with van der Waals surface area (Å²) in [4.78, 5) is 22.1. The molecule has 31 heavy (non-hydrogen) atoms. The highest BCUT2D eigenvalue weighted by molar-refractivity contribution is 5.74. The number of nitro groups is 1. The SMILES string of the molecule is CC(C)(C)OC(O)N[C@@H](Cc1cn(-c2cccc(C(F)(F)F)c2)nc1[N+](=O)[O-])C(=O)O. The first-order valence-electron chi connectivity index (χ1n) is 8.92. The van der Waals surface area contributed by atoms with E-state index in [0.29, 0.717) is 0 Å². The van der Waals surface area contributed by atoms with Gasteiger partial charge in [0.25, 0.3) is 0 Å². The third-order valence-corrected chi connectivity index (χ3v) is 3.91. The molecule has 0 saturated carbocycles. The van der Waals surface area contributed by atoms with Gasteiger partial charge >= 0.3 is 18.0 Å². The first-order chi connectivity index (χ1) is 14.2. The number of ether oxygens (including phenoxy) is 1. The predicted molar refractivity (Wildman–Crippen MR) is 100 cm³/mol. The van der Waals surface area contributed by atoms with Crippen molar-refractivity contribution in [2.45, 2.75) is 51.4 Å². The van der Waals surface area contributed by atoms with Crippen LogP contribution in [0.1, 0.15) is 31.9 Å². The Bertz CT molecular complexity index is 955. The van der Waals surface area contributed by atoms with Gasteiger partial charge in [0.1, 0.15) is 6.04 Å². The molecule has 0 aliphatic carbocycles. The van der Waals surface area contributed by atoms with E-state index in [-0.39, 0.29) is 11.3 Å². The summed E-state index contributed by atoms with van der Waals surface area (Å²) in [5, 5.41) is 36.6. The van der Waals surface area contributed by atoms with Crippen LogP contribution in [0.25, 0.3) is 5.69 Å². The zero-order valence-corrected chi connectivity index (χ0v) is 16.8. The highest BCUT2D eigenvalue weighted by Gasteiger charge is 2.32. The lowest BCUT2D eigenvalue weighted by atomic mass is 10.1. The van der Waals surface area contributed by atoms with Crippen molar-refractivity contribution in [3.8, 4) is 5.69 Å². The summed E-state index contributed by atoms with van der Waals surface area (Å²) in [5.74, 6) is -2.16. The fourth-order valence-electron chi connectivity index (χ4n) is 2.63. The average Bonchev–Trinajstić information content (AvgIpc) is 3.03. The van der Waals surface area contributed by atoms with Crippen molar-refractivity contribution < 1.29 is 37.8 Å². The summed E-state index contributed by atoms with van der Waals surface area (Å²) < 4.78 is 44.9. The van der Waals surface area contributed by atoms with E-state index in [0.717, 1.165) is 29.1 Å². The third kappa shape index (κ3) is 6.73. The Morgan fingerprint density at radius 2 is 2.00 bits per heavy atom. The standard InChI is InChI=1S/C18H21F3N4O6/c1-17(2,3)31-16(28)22-13(15(26)27)7-10-9-24(23-14(10)25(29)30)12-6-4-5-11(8-12)18(19,20)21/h4-6,8-9,13,16,22,28H,7H2,1-3H3,(H,26,27)/t13-,16?/m0/s1. The molecule has 1 aromatic carbocycles. The summed E-state index contributed by atoms with van der Waals surface area (Å²) in [6, 6.07) is 2.48. The number of halogens is 3. The summed E-state index contributed by atoms with van der Waals surface area (Å²) in [7, 11) is 0. The monoisotopic (exact) mass is 446 g/mol. The van der Waals surface area contributed by atoms with Gasteiger partial charge in [0.15, 0.2) is 0 Å². The van der Waals surface area contributed by atoms with Crippen molar-refractivity contribution >= 4 is 11.8 Å². The first-order valence-corrected chi connectivity index (χ1v) is 8.92. The van der Waals surface area contributed by atoms with E-state index in [1.54, 1.807) is 20.8 Å². The third-order valence-electron chi connectivity index (χ3n) is 3.91. The Morgan fingerprint density at radius 3 is 2.52 bits per heavy atom. The quantitative estimate of drug-likeness (QED) is 0.319. The zero-order chi connectivity index (χ0) is 23.6. The van der Waals surface area contributed by atoms with Gasteiger partial charge in [-0.05, 0) is 43.9 Å². The number of hydrogen-bond donors (Lipinski definition) is 3.